The molecular formula is C20H25ClO3. The van der Waals surface area contributed by atoms with Crippen molar-refractivity contribution in [1.82, 2.24) is 0 Å². The Morgan fingerprint density at radius 1 is 1.21 bits per heavy atom. The van der Waals surface area contributed by atoms with Gasteiger partial charge in [0.15, 0.2) is 11.5 Å². The average molecular weight is 349 g/mol. The third kappa shape index (κ3) is 2.17. The molecule has 1 saturated carbocycles. The number of aliphatic hydroxyl groups excluding tert-OH is 1. The van der Waals surface area contributed by atoms with Crippen molar-refractivity contribution in [2.75, 3.05) is 0 Å². The van der Waals surface area contributed by atoms with E-state index in [2.05, 4.69) is 13.8 Å². The van der Waals surface area contributed by atoms with E-state index in [1.54, 1.807) is 6.08 Å². The first-order chi connectivity index (χ1) is 11.0. The first-order valence-corrected chi connectivity index (χ1v) is 9.04. The molecule has 0 heterocycles. The molecule has 0 bridgehead atoms. The zero-order chi connectivity index (χ0) is 18.0. The largest absolute Gasteiger partial charge is 0.504 e. The van der Waals surface area contributed by atoms with Crippen LogP contribution in [0.25, 0.3) is 0 Å². The molecule has 24 heavy (non-hydrogen) atoms. The molecule has 3 nitrogen and oxygen atoms in total. The highest BCUT2D eigenvalue weighted by atomic mass is 35.5. The molecule has 3 aliphatic carbocycles. The van der Waals surface area contributed by atoms with Crippen molar-refractivity contribution < 1.29 is 14.7 Å². The van der Waals surface area contributed by atoms with Gasteiger partial charge in [0.05, 0.1) is 5.03 Å². The third-order valence-electron chi connectivity index (χ3n) is 6.13. The molecule has 0 aromatic rings. The smallest absolute Gasteiger partial charge is 0.223 e. The highest BCUT2D eigenvalue weighted by Gasteiger charge is 2.57. The van der Waals surface area contributed by atoms with Crippen LogP contribution < -0.4 is 0 Å². The van der Waals surface area contributed by atoms with E-state index >= 15 is 0 Å². The highest BCUT2D eigenvalue weighted by molar-refractivity contribution is 6.44. The summed E-state index contributed by atoms with van der Waals surface area (Å²) in [6.45, 7) is 9.97. The zero-order valence-corrected chi connectivity index (χ0v) is 15.8. The second-order valence-electron chi connectivity index (χ2n) is 8.59. The zero-order valence-electron chi connectivity index (χ0n) is 15.0. The Bertz CT molecular complexity index is 736. The first-order valence-electron chi connectivity index (χ1n) is 8.66. The number of rotatable bonds is 1. The van der Waals surface area contributed by atoms with E-state index < -0.39 is 5.41 Å². The maximum absolute atomic E-state index is 13.1. The summed E-state index contributed by atoms with van der Waals surface area (Å²) in [5, 5.41) is 10.9. The molecule has 0 radical (unpaired) electrons. The summed E-state index contributed by atoms with van der Waals surface area (Å²) in [5.41, 5.74) is 0.881. The van der Waals surface area contributed by atoms with Crippen molar-refractivity contribution in [1.29, 1.82) is 0 Å². The predicted molar refractivity (Wildman–Crippen MR) is 94.7 cm³/mol. The van der Waals surface area contributed by atoms with E-state index in [9.17, 15) is 14.7 Å². The number of fused-ring (bicyclic) bond motifs is 3. The lowest BCUT2D eigenvalue weighted by Gasteiger charge is -2.54. The van der Waals surface area contributed by atoms with Crippen LogP contribution in [0, 0.1) is 22.7 Å². The normalized spacial score (nSPS) is 32.8. The van der Waals surface area contributed by atoms with Crippen molar-refractivity contribution in [3.63, 3.8) is 0 Å². The topological polar surface area (TPSA) is 54.4 Å². The lowest BCUT2D eigenvalue weighted by atomic mass is 9.49. The van der Waals surface area contributed by atoms with Gasteiger partial charge in [0.2, 0.25) is 5.78 Å². The van der Waals surface area contributed by atoms with Crippen LogP contribution in [-0.2, 0) is 9.59 Å². The number of hydrogen-bond acceptors (Lipinski definition) is 3. The molecule has 1 N–H and O–H groups in total. The summed E-state index contributed by atoms with van der Waals surface area (Å²) in [4.78, 5) is 25.8. The molecule has 0 unspecified atom stereocenters. The average Bonchev–Trinajstić information content (AvgIpc) is 2.46. The molecule has 0 aromatic carbocycles. The van der Waals surface area contributed by atoms with E-state index in [1.165, 1.54) is 0 Å². The standard InChI is InChI=1S/C20H25ClO3/c1-10(2)11-9-12-13(16(23)15(11)22)20(5)8-6-7-19(3,4)18(20)17(24)14(12)21/h9-10,18,23H,6-8H2,1-5H3/t18-,20+/m0/s1. The molecule has 0 aromatic heterocycles. The summed E-state index contributed by atoms with van der Waals surface area (Å²) < 4.78 is 0. The van der Waals surface area contributed by atoms with Gasteiger partial charge >= 0.3 is 0 Å². The Morgan fingerprint density at radius 3 is 2.42 bits per heavy atom. The van der Waals surface area contributed by atoms with Gasteiger partial charge < -0.3 is 5.11 Å². The minimum absolute atomic E-state index is 0.0402. The summed E-state index contributed by atoms with van der Waals surface area (Å²) in [6.07, 6.45) is 4.40. The number of aliphatic hydroxyl groups is 1. The van der Waals surface area contributed by atoms with E-state index in [0.29, 0.717) is 16.7 Å². The molecule has 0 amide bonds. The predicted octanol–water partition coefficient (Wildman–Crippen LogP) is 4.87. The molecular weight excluding hydrogens is 324 g/mol. The van der Waals surface area contributed by atoms with Crippen molar-refractivity contribution >= 4 is 23.2 Å². The summed E-state index contributed by atoms with van der Waals surface area (Å²) in [5.74, 6) is -0.947. The summed E-state index contributed by atoms with van der Waals surface area (Å²) in [6, 6.07) is 0. The number of Topliss-reactive ketones (excluding diaryl/α,β-unsaturated/α-hetero) is 2. The number of halogens is 1. The van der Waals surface area contributed by atoms with Crippen LogP contribution in [0.1, 0.15) is 53.9 Å². The molecule has 0 aliphatic heterocycles. The number of carbonyl (C=O) groups excluding carboxylic acids is 2. The highest BCUT2D eigenvalue weighted by Crippen LogP contribution is 2.61. The third-order valence-corrected chi connectivity index (χ3v) is 6.52. The quantitative estimate of drug-likeness (QED) is 0.735. The fourth-order valence-corrected chi connectivity index (χ4v) is 5.34. The number of ketones is 2. The Balaban J connectivity index is 2.32. The van der Waals surface area contributed by atoms with Gasteiger partial charge in [0.1, 0.15) is 0 Å². The maximum Gasteiger partial charge on any atom is 0.223 e. The Kier molecular flexibility index (Phi) is 3.87. The van der Waals surface area contributed by atoms with Gasteiger partial charge in [-0.3, -0.25) is 9.59 Å². The minimum Gasteiger partial charge on any atom is -0.504 e. The van der Waals surface area contributed by atoms with Crippen molar-refractivity contribution in [2.24, 2.45) is 22.7 Å². The molecule has 3 aliphatic rings. The molecule has 130 valence electrons. The Morgan fingerprint density at radius 2 is 1.83 bits per heavy atom. The van der Waals surface area contributed by atoms with Gasteiger partial charge in [0.25, 0.3) is 0 Å². The second-order valence-corrected chi connectivity index (χ2v) is 8.97. The van der Waals surface area contributed by atoms with Crippen LogP contribution in [0.2, 0.25) is 0 Å². The first kappa shape index (κ1) is 17.5. The minimum atomic E-state index is -0.550. The lowest BCUT2D eigenvalue weighted by molar-refractivity contribution is -0.131. The van der Waals surface area contributed by atoms with E-state index in [0.717, 1.165) is 19.3 Å². The summed E-state index contributed by atoms with van der Waals surface area (Å²) >= 11 is 6.46. The Labute approximate surface area is 148 Å². The number of allylic oxidation sites excluding steroid dienone is 5. The van der Waals surface area contributed by atoms with Crippen LogP contribution in [-0.4, -0.2) is 16.7 Å². The van der Waals surface area contributed by atoms with Gasteiger partial charge in [-0.2, -0.15) is 0 Å². The van der Waals surface area contributed by atoms with Crippen LogP contribution in [0.15, 0.2) is 33.6 Å². The van der Waals surface area contributed by atoms with Crippen LogP contribution in [0.4, 0.5) is 0 Å². The monoisotopic (exact) mass is 348 g/mol. The fraction of sp³-hybridized carbons (Fsp3) is 0.600. The summed E-state index contributed by atoms with van der Waals surface area (Å²) in [7, 11) is 0. The van der Waals surface area contributed by atoms with E-state index in [-0.39, 0.29) is 39.6 Å². The van der Waals surface area contributed by atoms with E-state index in [4.69, 9.17) is 11.6 Å². The van der Waals surface area contributed by atoms with Gasteiger partial charge in [-0.25, -0.2) is 0 Å². The molecule has 2 atom stereocenters. The van der Waals surface area contributed by atoms with Crippen LogP contribution in [0.5, 0.6) is 0 Å². The van der Waals surface area contributed by atoms with Crippen LogP contribution >= 0.6 is 11.6 Å². The van der Waals surface area contributed by atoms with E-state index in [1.807, 2.05) is 20.8 Å². The Hall–Kier alpha value is -1.35. The molecule has 4 heteroatoms. The van der Waals surface area contributed by atoms with Crippen molar-refractivity contribution in [3.05, 3.63) is 33.6 Å². The number of carbonyl (C=O) groups is 2. The van der Waals surface area contributed by atoms with Gasteiger partial charge in [-0.1, -0.05) is 52.6 Å². The SMILES string of the molecule is CC(C)C1=CC2=C(Cl)C(=O)[C@H]3C(C)(C)CCC[C@]3(C)C2=C(O)C1=O. The molecule has 3 rings (SSSR count). The molecule has 0 saturated heterocycles. The lowest BCUT2D eigenvalue weighted by Crippen LogP contribution is -2.51. The molecule has 1 fully saturated rings. The van der Waals surface area contributed by atoms with Crippen LogP contribution in [0.3, 0.4) is 0 Å². The fourth-order valence-electron chi connectivity index (χ4n) is 5.09. The maximum atomic E-state index is 13.1. The van der Waals surface area contributed by atoms with Crippen molar-refractivity contribution in [2.45, 2.75) is 53.9 Å². The van der Waals surface area contributed by atoms with Gasteiger partial charge in [0, 0.05) is 28.1 Å². The van der Waals surface area contributed by atoms with Gasteiger partial charge in [-0.15, -0.1) is 0 Å². The van der Waals surface area contributed by atoms with Gasteiger partial charge in [-0.05, 0) is 30.3 Å². The molecule has 0 spiro atoms. The second kappa shape index (κ2) is 5.32. The number of hydrogen-bond donors (Lipinski definition) is 1. The van der Waals surface area contributed by atoms with Crippen molar-refractivity contribution in [3.8, 4) is 0 Å².